The standard InChI is InChI=1S/C14H15BrN2/c1-16-13-9-5-2-3-8-12(9)17-14-10(13)6-4-7-11(14)15/h4,6-7H,2-3,5,8H2,1H3,(H,16,17). The molecule has 17 heavy (non-hydrogen) atoms. The quantitative estimate of drug-likeness (QED) is 0.861. The van der Waals surface area contributed by atoms with Crippen LogP contribution in [0, 0.1) is 0 Å². The van der Waals surface area contributed by atoms with Gasteiger partial charge in [-0.25, -0.2) is 0 Å². The van der Waals surface area contributed by atoms with Crippen LogP contribution < -0.4 is 5.32 Å². The summed E-state index contributed by atoms with van der Waals surface area (Å²) in [5.41, 5.74) is 5.05. The Morgan fingerprint density at radius 2 is 2.06 bits per heavy atom. The average molecular weight is 291 g/mol. The monoisotopic (exact) mass is 290 g/mol. The molecule has 1 aromatic heterocycles. The molecule has 1 N–H and O–H groups in total. The van der Waals surface area contributed by atoms with E-state index < -0.39 is 0 Å². The zero-order chi connectivity index (χ0) is 11.8. The van der Waals surface area contributed by atoms with Crippen LogP contribution in [-0.4, -0.2) is 12.0 Å². The molecule has 1 aliphatic carbocycles. The first-order chi connectivity index (χ1) is 8.31. The highest BCUT2D eigenvalue weighted by molar-refractivity contribution is 9.10. The molecule has 1 aliphatic rings. The number of rotatable bonds is 1. The molecule has 0 radical (unpaired) electrons. The van der Waals surface area contributed by atoms with Crippen LogP contribution in [0.4, 0.5) is 5.69 Å². The maximum Gasteiger partial charge on any atom is 0.0868 e. The lowest BCUT2D eigenvalue weighted by Crippen LogP contribution is -2.09. The maximum absolute atomic E-state index is 4.84. The van der Waals surface area contributed by atoms with Gasteiger partial charge in [0.2, 0.25) is 0 Å². The molecule has 2 aromatic rings. The van der Waals surface area contributed by atoms with E-state index in [1.54, 1.807) is 0 Å². The SMILES string of the molecule is CNc1c2c(nc3c(Br)cccc13)CCCC2. The summed E-state index contributed by atoms with van der Waals surface area (Å²) in [4.78, 5) is 4.84. The summed E-state index contributed by atoms with van der Waals surface area (Å²) in [5, 5.41) is 4.59. The predicted octanol–water partition coefficient (Wildman–Crippen LogP) is 3.92. The van der Waals surface area contributed by atoms with E-state index in [2.05, 4.69) is 39.4 Å². The number of nitrogens with zero attached hydrogens (tertiary/aromatic N) is 1. The minimum absolute atomic E-state index is 1.08. The van der Waals surface area contributed by atoms with Gasteiger partial charge in [-0.1, -0.05) is 12.1 Å². The van der Waals surface area contributed by atoms with Crippen molar-refractivity contribution in [1.29, 1.82) is 0 Å². The number of anilines is 1. The Labute approximate surface area is 110 Å². The Kier molecular flexibility index (Phi) is 2.79. The van der Waals surface area contributed by atoms with Crippen molar-refractivity contribution in [3.63, 3.8) is 0 Å². The fourth-order valence-electron chi connectivity index (χ4n) is 2.70. The zero-order valence-corrected chi connectivity index (χ0v) is 11.5. The average Bonchev–Trinajstić information content (AvgIpc) is 2.37. The van der Waals surface area contributed by atoms with E-state index >= 15 is 0 Å². The summed E-state index contributed by atoms with van der Waals surface area (Å²) in [6.45, 7) is 0. The lowest BCUT2D eigenvalue weighted by molar-refractivity contribution is 0.672. The Morgan fingerprint density at radius 3 is 2.88 bits per heavy atom. The summed E-state index contributed by atoms with van der Waals surface area (Å²) in [7, 11) is 2.00. The van der Waals surface area contributed by atoms with Crippen molar-refractivity contribution < 1.29 is 0 Å². The first-order valence-electron chi connectivity index (χ1n) is 6.09. The van der Waals surface area contributed by atoms with Gasteiger partial charge in [-0.2, -0.15) is 0 Å². The lowest BCUT2D eigenvalue weighted by atomic mass is 9.93. The molecule has 88 valence electrons. The number of halogens is 1. The second-order valence-electron chi connectivity index (χ2n) is 4.51. The predicted molar refractivity (Wildman–Crippen MR) is 75.6 cm³/mol. The molecule has 0 aliphatic heterocycles. The highest BCUT2D eigenvalue weighted by Gasteiger charge is 2.17. The van der Waals surface area contributed by atoms with Crippen LogP contribution in [0.3, 0.4) is 0 Å². The first kappa shape index (κ1) is 11.0. The molecule has 0 saturated carbocycles. The van der Waals surface area contributed by atoms with Crippen molar-refractivity contribution in [2.75, 3.05) is 12.4 Å². The number of nitrogens with one attached hydrogen (secondary N) is 1. The fraction of sp³-hybridized carbons (Fsp3) is 0.357. The van der Waals surface area contributed by atoms with Gasteiger partial charge in [0.1, 0.15) is 0 Å². The van der Waals surface area contributed by atoms with Gasteiger partial charge in [0.25, 0.3) is 0 Å². The van der Waals surface area contributed by atoms with Crippen LogP contribution in [0.5, 0.6) is 0 Å². The molecule has 0 bridgehead atoms. The van der Waals surface area contributed by atoms with Gasteiger partial charge in [-0.15, -0.1) is 0 Å². The summed E-state index contributed by atoms with van der Waals surface area (Å²) < 4.78 is 1.08. The first-order valence-corrected chi connectivity index (χ1v) is 6.88. The zero-order valence-electron chi connectivity index (χ0n) is 9.89. The molecule has 0 fully saturated rings. The van der Waals surface area contributed by atoms with Crippen LogP contribution in [0.25, 0.3) is 10.9 Å². The minimum atomic E-state index is 1.08. The van der Waals surface area contributed by atoms with Crippen LogP contribution in [0.1, 0.15) is 24.1 Å². The molecule has 3 heteroatoms. The largest absolute Gasteiger partial charge is 0.387 e. The van der Waals surface area contributed by atoms with Crippen LogP contribution in [0.2, 0.25) is 0 Å². The van der Waals surface area contributed by atoms with Gasteiger partial charge < -0.3 is 5.32 Å². The third-order valence-corrected chi connectivity index (χ3v) is 4.13. The number of hydrogen-bond acceptors (Lipinski definition) is 2. The van der Waals surface area contributed by atoms with E-state index in [-0.39, 0.29) is 0 Å². The molecule has 1 aromatic carbocycles. The van der Waals surface area contributed by atoms with Crippen molar-refractivity contribution in [2.24, 2.45) is 0 Å². The van der Waals surface area contributed by atoms with Crippen molar-refractivity contribution >= 4 is 32.5 Å². The Hall–Kier alpha value is -1.09. The number of para-hydroxylation sites is 1. The fourth-order valence-corrected chi connectivity index (χ4v) is 3.15. The highest BCUT2D eigenvalue weighted by Crippen LogP contribution is 2.35. The van der Waals surface area contributed by atoms with Gasteiger partial charge >= 0.3 is 0 Å². The van der Waals surface area contributed by atoms with Gasteiger partial charge in [-0.05, 0) is 53.2 Å². The third-order valence-electron chi connectivity index (χ3n) is 3.49. The second kappa shape index (κ2) is 4.30. The number of aromatic nitrogens is 1. The molecule has 3 rings (SSSR count). The summed E-state index contributed by atoms with van der Waals surface area (Å²) in [5.74, 6) is 0. The van der Waals surface area contributed by atoms with Crippen molar-refractivity contribution in [3.8, 4) is 0 Å². The lowest BCUT2D eigenvalue weighted by Gasteiger charge is -2.20. The summed E-state index contributed by atoms with van der Waals surface area (Å²) >= 11 is 3.60. The number of pyridine rings is 1. The Bertz CT molecular complexity index is 578. The molecule has 0 atom stereocenters. The minimum Gasteiger partial charge on any atom is -0.387 e. The second-order valence-corrected chi connectivity index (χ2v) is 5.36. The molecular formula is C14H15BrN2. The van der Waals surface area contributed by atoms with Crippen molar-refractivity contribution in [1.82, 2.24) is 4.98 Å². The highest BCUT2D eigenvalue weighted by atomic mass is 79.9. The molecule has 0 amide bonds. The van der Waals surface area contributed by atoms with Gasteiger partial charge in [0.05, 0.1) is 5.52 Å². The van der Waals surface area contributed by atoms with E-state index in [1.807, 2.05) is 7.05 Å². The molecule has 0 spiro atoms. The summed E-state index contributed by atoms with van der Waals surface area (Å²) in [6, 6.07) is 6.28. The smallest absolute Gasteiger partial charge is 0.0868 e. The number of fused-ring (bicyclic) bond motifs is 2. The van der Waals surface area contributed by atoms with Gasteiger partial charge in [0.15, 0.2) is 0 Å². The normalized spacial score (nSPS) is 14.7. The molecular weight excluding hydrogens is 276 g/mol. The van der Waals surface area contributed by atoms with Gasteiger partial charge in [-0.3, -0.25) is 4.98 Å². The van der Waals surface area contributed by atoms with E-state index in [1.165, 1.54) is 35.2 Å². The van der Waals surface area contributed by atoms with E-state index in [4.69, 9.17) is 4.98 Å². The van der Waals surface area contributed by atoms with Gasteiger partial charge in [0, 0.05) is 28.3 Å². The van der Waals surface area contributed by atoms with E-state index in [0.29, 0.717) is 0 Å². The topological polar surface area (TPSA) is 24.9 Å². The molecule has 2 nitrogen and oxygen atoms in total. The Balaban J connectivity index is 2.39. The van der Waals surface area contributed by atoms with Crippen molar-refractivity contribution in [2.45, 2.75) is 25.7 Å². The number of benzene rings is 1. The van der Waals surface area contributed by atoms with Crippen molar-refractivity contribution in [3.05, 3.63) is 33.9 Å². The summed E-state index contributed by atoms with van der Waals surface area (Å²) in [6.07, 6.45) is 4.81. The molecule has 0 saturated heterocycles. The van der Waals surface area contributed by atoms with Crippen LogP contribution in [0.15, 0.2) is 22.7 Å². The number of hydrogen-bond donors (Lipinski definition) is 1. The van der Waals surface area contributed by atoms with E-state index in [0.717, 1.165) is 22.8 Å². The third kappa shape index (κ3) is 1.73. The number of aryl methyl sites for hydroxylation is 1. The molecule has 0 unspecified atom stereocenters. The van der Waals surface area contributed by atoms with Crippen LogP contribution in [-0.2, 0) is 12.8 Å². The van der Waals surface area contributed by atoms with Crippen LogP contribution >= 0.6 is 15.9 Å². The maximum atomic E-state index is 4.84. The Morgan fingerprint density at radius 1 is 1.24 bits per heavy atom. The molecule has 1 heterocycles. The van der Waals surface area contributed by atoms with E-state index in [9.17, 15) is 0 Å².